The highest BCUT2D eigenvalue weighted by Gasteiger charge is 2.21. The number of aryl methyl sites for hydroxylation is 1. The molecule has 4 aromatic rings. The van der Waals surface area contributed by atoms with Gasteiger partial charge in [0, 0.05) is 79.6 Å². The summed E-state index contributed by atoms with van der Waals surface area (Å²) in [6.07, 6.45) is 7.17. The molecule has 1 fully saturated rings. The Kier molecular flexibility index (Phi) is 6.06. The van der Waals surface area contributed by atoms with Crippen molar-refractivity contribution in [1.29, 1.82) is 0 Å². The Morgan fingerprint density at radius 1 is 1.00 bits per heavy atom. The van der Waals surface area contributed by atoms with Crippen LogP contribution in [0.25, 0.3) is 27.8 Å². The Labute approximate surface area is 196 Å². The highest BCUT2D eigenvalue weighted by molar-refractivity contribution is 5.86. The molecule has 34 heavy (non-hydrogen) atoms. The van der Waals surface area contributed by atoms with Gasteiger partial charge in [-0.05, 0) is 24.9 Å². The Bertz CT molecular complexity index is 1290. The van der Waals surface area contributed by atoms with Crippen LogP contribution in [-0.4, -0.2) is 75.1 Å². The van der Waals surface area contributed by atoms with Gasteiger partial charge in [0.2, 0.25) is 0 Å². The fourth-order valence-electron chi connectivity index (χ4n) is 4.46. The van der Waals surface area contributed by atoms with Crippen molar-refractivity contribution in [3.05, 3.63) is 54.7 Å². The predicted octanol–water partition coefficient (Wildman–Crippen LogP) is 3.38. The fraction of sp³-hybridized carbons (Fsp3) is 0.333. The number of alkyl halides is 2. The first-order valence-corrected chi connectivity index (χ1v) is 11.2. The molecule has 5 rings (SSSR count). The second-order valence-electron chi connectivity index (χ2n) is 8.47. The van der Waals surface area contributed by atoms with Crippen molar-refractivity contribution < 1.29 is 8.78 Å². The van der Waals surface area contributed by atoms with Crippen molar-refractivity contribution in [1.82, 2.24) is 29.3 Å². The molecule has 8 nitrogen and oxygen atoms in total. The number of piperazine rings is 1. The SMILES string of the molecule is C=NCc1cnn2cc(-c3cnn(C)c3)cc(-c3ccc(N4CCN(CC(F)F)CC4)nc3)c12. The van der Waals surface area contributed by atoms with Gasteiger partial charge in [-0.2, -0.15) is 10.2 Å². The summed E-state index contributed by atoms with van der Waals surface area (Å²) in [6, 6.07) is 6.17. The maximum Gasteiger partial charge on any atom is 0.251 e. The zero-order chi connectivity index (χ0) is 23.7. The predicted molar refractivity (Wildman–Crippen MR) is 129 cm³/mol. The number of hydrogen-bond acceptors (Lipinski definition) is 6. The molecule has 1 saturated heterocycles. The number of aliphatic imine (C=N–C) groups is 1. The van der Waals surface area contributed by atoms with Crippen LogP contribution in [-0.2, 0) is 13.6 Å². The van der Waals surface area contributed by atoms with Crippen LogP contribution in [0.3, 0.4) is 0 Å². The molecule has 0 aliphatic carbocycles. The molecule has 0 aromatic carbocycles. The first-order valence-electron chi connectivity index (χ1n) is 11.2. The van der Waals surface area contributed by atoms with Gasteiger partial charge in [0.05, 0.1) is 31.0 Å². The molecular formula is C24H26F2N8. The minimum absolute atomic E-state index is 0.170. The van der Waals surface area contributed by atoms with E-state index in [-0.39, 0.29) is 6.54 Å². The minimum Gasteiger partial charge on any atom is -0.354 e. The zero-order valence-corrected chi connectivity index (χ0v) is 19.0. The summed E-state index contributed by atoms with van der Waals surface area (Å²) in [6.45, 7) is 6.50. The molecule has 1 aliphatic heterocycles. The van der Waals surface area contributed by atoms with Crippen molar-refractivity contribution >= 4 is 18.1 Å². The van der Waals surface area contributed by atoms with Gasteiger partial charge in [-0.25, -0.2) is 18.3 Å². The number of hydrogen-bond donors (Lipinski definition) is 0. The molecule has 0 amide bonds. The number of nitrogens with zero attached hydrogens (tertiary/aromatic N) is 8. The normalized spacial score (nSPS) is 14.9. The van der Waals surface area contributed by atoms with E-state index in [1.54, 1.807) is 9.58 Å². The zero-order valence-electron chi connectivity index (χ0n) is 19.0. The molecule has 0 bridgehead atoms. The maximum atomic E-state index is 12.7. The van der Waals surface area contributed by atoms with E-state index in [4.69, 9.17) is 4.98 Å². The average molecular weight is 465 g/mol. The Morgan fingerprint density at radius 3 is 2.47 bits per heavy atom. The van der Waals surface area contributed by atoms with E-state index in [2.05, 4.69) is 32.9 Å². The quantitative estimate of drug-likeness (QED) is 0.392. The lowest BCUT2D eigenvalue weighted by molar-refractivity contribution is 0.0854. The number of fused-ring (bicyclic) bond motifs is 1. The molecule has 176 valence electrons. The molecule has 4 aromatic heterocycles. The number of anilines is 1. The second kappa shape index (κ2) is 9.30. The molecule has 0 N–H and O–H groups in total. The number of rotatable bonds is 7. The highest BCUT2D eigenvalue weighted by atomic mass is 19.3. The summed E-state index contributed by atoms with van der Waals surface area (Å²) >= 11 is 0. The summed E-state index contributed by atoms with van der Waals surface area (Å²) in [5.74, 6) is 0.848. The first-order chi connectivity index (χ1) is 16.5. The maximum absolute atomic E-state index is 12.7. The number of halogens is 2. The standard InChI is InChI=1S/C24H26F2N8/c1-27-10-19-12-30-34-15-18(20-13-29-31(2)14-20)9-21(24(19)34)17-3-4-23(28-11-17)33-7-5-32(6-8-33)16-22(25)26/h3-4,9,11-15,22H,1,5-8,10,16H2,2H3. The van der Waals surface area contributed by atoms with Crippen LogP contribution >= 0.6 is 0 Å². The van der Waals surface area contributed by atoms with Crippen LogP contribution in [0.2, 0.25) is 0 Å². The van der Waals surface area contributed by atoms with E-state index < -0.39 is 6.43 Å². The summed E-state index contributed by atoms with van der Waals surface area (Å²) in [4.78, 5) is 12.7. The van der Waals surface area contributed by atoms with Gasteiger partial charge in [0.25, 0.3) is 6.43 Å². The van der Waals surface area contributed by atoms with Crippen LogP contribution in [0.5, 0.6) is 0 Å². The topological polar surface area (TPSA) is 66.8 Å². The van der Waals surface area contributed by atoms with Gasteiger partial charge < -0.3 is 4.90 Å². The lowest BCUT2D eigenvalue weighted by Gasteiger charge is -2.35. The third kappa shape index (κ3) is 4.41. The van der Waals surface area contributed by atoms with Crippen LogP contribution in [0.15, 0.2) is 54.2 Å². The Hall–Kier alpha value is -3.66. The van der Waals surface area contributed by atoms with Gasteiger partial charge in [-0.1, -0.05) is 0 Å². The lowest BCUT2D eigenvalue weighted by atomic mass is 10.0. The van der Waals surface area contributed by atoms with E-state index in [9.17, 15) is 8.78 Å². The average Bonchev–Trinajstić information content (AvgIpc) is 3.45. The third-order valence-electron chi connectivity index (χ3n) is 6.16. The van der Waals surface area contributed by atoms with Gasteiger partial charge in [0.15, 0.2) is 0 Å². The molecule has 0 saturated carbocycles. The molecule has 10 heteroatoms. The van der Waals surface area contributed by atoms with Gasteiger partial charge in [-0.15, -0.1) is 0 Å². The van der Waals surface area contributed by atoms with Crippen molar-refractivity contribution in [3.8, 4) is 22.3 Å². The van der Waals surface area contributed by atoms with Crippen LogP contribution in [0, 0.1) is 0 Å². The van der Waals surface area contributed by atoms with Gasteiger partial charge in [-0.3, -0.25) is 14.6 Å². The highest BCUT2D eigenvalue weighted by Crippen LogP contribution is 2.32. The Morgan fingerprint density at radius 2 is 1.82 bits per heavy atom. The molecule has 5 heterocycles. The summed E-state index contributed by atoms with van der Waals surface area (Å²) < 4.78 is 29.0. The first kappa shape index (κ1) is 22.1. The lowest BCUT2D eigenvalue weighted by Crippen LogP contribution is -2.48. The summed E-state index contributed by atoms with van der Waals surface area (Å²) in [7, 11) is 1.89. The van der Waals surface area contributed by atoms with E-state index in [0.29, 0.717) is 32.7 Å². The number of pyridine rings is 2. The second-order valence-corrected chi connectivity index (χ2v) is 8.47. The van der Waals surface area contributed by atoms with Crippen molar-refractivity contribution in [2.24, 2.45) is 12.0 Å². The number of aromatic nitrogens is 5. The molecular weight excluding hydrogens is 438 g/mol. The fourth-order valence-corrected chi connectivity index (χ4v) is 4.46. The molecule has 0 atom stereocenters. The minimum atomic E-state index is -2.30. The van der Waals surface area contributed by atoms with E-state index in [1.165, 1.54) is 0 Å². The third-order valence-corrected chi connectivity index (χ3v) is 6.16. The van der Waals surface area contributed by atoms with Crippen LogP contribution < -0.4 is 4.90 Å². The van der Waals surface area contributed by atoms with Crippen molar-refractivity contribution in [3.63, 3.8) is 0 Å². The molecule has 0 spiro atoms. The van der Waals surface area contributed by atoms with E-state index >= 15 is 0 Å². The molecule has 1 aliphatic rings. The summed E-state index contributed by atoms with van der Waals surface area (Å²) in [5.41, 5.74) is 5.91. The van der Waals surface area contributed by atoms with E-state index in [0.717, 1.165) is 39.2 Å². The molecule has 0 unspecified atom stereocenters. The van der Waals surface area contributed by atoms with Crippen molar-refractivity contribution in [2.45, 2.75) is 13.0 Å². The summed E-state index contributed by atoms with van der Waals surface area (Å²) in [5, 5.41) is 8.85. The smallest absolute Gasteiger partial charge is 0.251 e. The van der Waals surface area contributed by atoms with Crippen molar-refractivity contribution in [2.75, 3.05) is 37.6 Å². The van der Waals surface area contributed by atoms with E-state index in [1.807, 2.05) is 54.7 Å². The van der Waals surface area contributed by atoms with Crippen LogP contribution in [0.1, 0.15) is 5.56 Å². The van der Waals surface area contributed by atoms with Gasteiger partial charge >= 0.3 is 0 Å². The van der Waals surface area contributed by atoms with Crippen LogP contribution in [0.4, 0.5) is 14.6 Å². The Balaban J connectivity index is 1.47. The molecule has 0 radical (unpaired) electrons. The van der Waals surface area contributed by atoms with Gasteiger partial charge in [0.1, 0.15) is 5.82 Å². The monoisotopic (exact) mass is 464 g/mol. The largest absolute Gasteiger partial charge is 0.354 e.